The minimum absolute atomic E-state index is 0.0693. The number of nitrogens with zero attached hydrogens (tertiary/aromatic N) is 4. The van der Waals surface area contributed by atoms with Crippen molar-refractivity contribution < 1.29 is 22.8 Å². The average Bonchev–Trinajstić information content (AvgIpc) is 2.96. The zero-order valence-electron chi connectivity index (χ0n) is 23.9. The fourth-order valence-electron chi connectivity index (χ4n) is 5.57. The van der Waals surface area contributed by atoms with E-state index < -0.39 is 40.1 Å². The first-order valence-electron chi connectivity index (χ1n) is 13.9. The van der Waals surface area contributed by atoms with Crippen LogP contribution < -0.4 is 5.32 Å². The number of carbonyl (C=O) groups excluding carboxylic acids is 3. The first-order valence-corrected chi connectivity index (χ1v) is 16.5. The van der Waals surface area contributed by atoms with Gasteiger partial charge in [0.1, 0.15) is 23.1 Å². The third-order valence-electron chi connectivity index (χ3n) is 7.70. The monoisotopic (exact) mass is 677 g/mol. The zero-order chi connectivity index (χ0) is 31.8. The minimum Gasteiger partial charge on any atom is -0.343 e. The Morgan fingerprint density at radius 3 is 2.32 bits per heavy atom. The summed E-state index contributed by atoms with van der Waals surface area (Å²) in [5.74, 6) is -1.39. The second kappa shape index (κ2) is 13.0. The molecule has 2 aliphatic heterocycles. The molecule has 44 heavy (non-hydrogen) atoms. The summed E-state index contributed by atoms with van der Waals surface area (Å²) in [6.07, 6.45) is 2.07. The molecule has 3 unspecified atom stereocenters. The lowest BCUT2D eigenvalue weighted by Gasteiger charge is -2.54. The Kier molecular flexibility index (Phi) is 9.52. The van der Waals surface area contributed by atoms with Crippen LogP contribution >= 0.6 is 34.8 Å². The maximum atomic E-state index is 14.3. The number of carbonyl (C=O) groups is 3. The van der Waals surface area contributed by atoms with E-state index in [0.717, 1.165) is 9.87 Å². The van der Waals surface area contributed by atoms with Crippen molar-refractivity contribution in [2.24, 2.45) is 0 Å². The second-order valence-electron chi connectivity index (χ2n) is 11.0. The number of halogens is 3. The van der Waals surface area contributed by atoms with Gasteiger partial charge in [-0.2, -0.15) is 4.31 Å². The molecule has 3 amide bonds. The molecule has 3 aromatic rings. The van der Waals surface area contributed by atoms with E-state index in [2.05, 4.69) is 10.3 Å². The van der Waals surface area contributed by atoms with Crippen LogP contribution in [-0.2, 0) is 37.2 Å². The van der Waals surface area contributed by atoms with Crippen LogP contribution in [0, 0.1) is 0 Å². The molecule has 232 valence electrons. The molecule has 2 aromatic carbocycles. The quantitative estimate of drug-likeness (QED) is 0.387. The summed E-state index contributed by atoms with van der Waals surface area (Å²) in [5.41, 5.74) is 1.34. The smallest absolute Gasteiger partial charge is 0.248 e. The Morgan fingerprint density at radius 2 is 1.68 bits per heavy atom. The number of hydrogen-bond donors (Lipinski definition) is 1. The van der Waals surface area contributed by atoms with E-state index in [4.69, 9.17) is 34.8 Å². The van der Waals surface area contributed by atoms with Gasteiger partial charge in [-0.3, -0.25) is 19.4 Å². The summed E-state index contributed by atoms with van der Waals surface area (Å²) >= 11 is 18.5. The molecule has 2 saturated heterocycles. The van der Waals surface area contributed by atoms with Gasteiger partial charge in [0, 0.05) is 41.4 Å². The summed E-state index contributed by atoms with van der Waals surface area (Å²) in [4.78, 5) is 47.9. The van der Waals surface area contributed by atoms with Gasteiger partial charge in [-0.15, -0.1) is 0 Å². The summed E-state index contributed by atoms with van der Waals surface area (Å²) in [7, 11) is -4.37. The van der Waals surface area contributed by atoms with Crippen LogP contribution in [0.25, 0.3) is 0 Å². The number of rotatable bonds is 8. The van der Waals surface area contributed by atoms with E-state index in [9.17, 15) is 22.8 Å². The van der Waals surface area contributed by atoms with E-state index in [1.54, 1.807) is 47.5 Å². The highest BCUT2D eigenvalue weighted by molar-refractivity contribution is 7.89. The lowest BCUT2D eigenvalue weighted by atomic mass is 9.96. The van der Waals surface area contributed by atoms with E-state index in [1.165, 1.54) is 29.3 Å². The van der Waals surface area contributed by atoms with Crippen molar-refractivity contribution in [2.75, 3.05) is 13.1 Å². The molecule has 3 atom stereocenters. The van der Waals surface area contributed by atoms with E-state index >= 15 is 0 Å². The van der Waals surface area contributed by atoms with Crippen molar-refractivity contribution in [3.8, 4) is 0 Å². The molecule has 0 spiro atoms. The fourth-order valence-corrected chi connectivity index (χ4v) is 8.03. The maximum Gasteiger partial charge on any atom is 0.248 e. The van der Waals surface area contributed by atoms with Crippen molar-refractivity contribution in [3.63, 3.8) is 0 Å². The Labute approximate surface area is 270 Å². The Bertz CT molecular complexity index is 1670. The summed E-state index contributed by atoms with van der Waals surface area (Å²) in [6, 6.07) is 11.7. The molecule has 0 radical (unpaired) electrons. The van der Waals surface area contributed by atoms with E-state index in [1.807, 2.05) is 13.8 Å². The van der Waals surface area contributed by atoms with Crippen molar-refractivity contribution in [1.29, 1.82) is 0 Å². The molecule has 3 heterocycles. The normalized spacial score (nSPS) is 21.0. The lowest BCUT2D eigenvalue weighted by Crippen LogP contribution is -2.76. The number of piperazine rings is 1. The van der Waals surface area contributed by atoms with Gasteiger partial charge in [-0.25, -0.2) is 8.42 Å². The first-order chi connectivity index (χ1) is 20.9. The largest absolute Gasteiger partial charge is 0.343 e. The molecule has 2 aliphatic rings. The van der Waals surface area contributed by atoms with Gasteiger partial charge >= 0.3 is 0 Å². The number of sulfonamides is 1. The molecule has 0 aliphatic carbocycles. The Morgan fingerprint density at radius 1 is 0.977 bits per heavy atom. The topological polar surface area (TPSA) is 120 Å². The number of nitrogens with one attached hydrogen (secondary N) is 1. The highest BCUT2D eigenvalue weighted by Crippen LogP contribution is 2.35. The van der Waals surface area contributed by atoms with Gasteiger partial charge in [0.25, 0.3) is 0 Å². The summed E-state index contributed by atoms with van der Waals surface area (Å²) in [6.45, 7) is 3.22. The second-order valence-corrected chi connectivity index (χ2v) is 14.1. The van der Waals surface area contributed by atoms with Gasteiger partial charge in [0.15, 0.2) is 0 Å². The predicted octanol–water partition coefficient (Wildman–Crippen LogP) is 3.79. The van der Waals surface area contributed by atoms with Crippen molar-refractivity contribution in [1.82, 2.24) is 24.4 Å². The summed E-state index contributed by atoms with van der Waals surface area (Å²) in [5, 5.41) is 3.37. The molecule has 1 N–H and O–H groups in total. The molecule has 10 nitrogen and oxygen atoms in total. The number of hydrogen-bond acceptors (Lipinski definition) is 6. The number of benzene rings is 2. The van der Waals surface area contributed by atoms with Gasteiger partial charge in [0.05, 0.1) is 18.0 Å². The van der Waals surface area contributed by atoms with Crippen LogP contribution in [0.5, 0.6) is 0 Å². The van der Waals surface area contributed by atoms with E-state index in [0.29, 0.717) is 10.6 Å². The third kappa shape index (κ3) is 6.57. The summed E-state index contributed by atoms with van der Waals surface area (Å²) < 4.78 is 29.7. The van der Waals surface area contributed by atoms with Crippen molar-refractivity contribution >= 4 is 62.5 Å². The Hall–Kier alpha value is -3.22. The molecular formula is C30H30Cl3N5O5S. The van der Waals surface area contributed by atoms with Crippen LogP contribution in [0.2, 0.25) is 15.1 Å². The van der Waals surface area contributed by atoms with Gasteiger partial charge in [-0.1, -0.05) is 53.0 Å². The highest BCUT2D eigenvalue weighted by Gasteiger charge is 2.54. The molecule has 14 heteroatoms. The molecule has 0 bridgehead atoms. The molecule has 5 rings (SSSR count). The van der Waals surface area contributed by atoms with E-state index in [-0.39, 0.29) is 52.8 Å². The molecule has 0 saturated carbocycles. The standard InChI is InChI=1S/C30H30Cl3N5O5S/c1-18(2)36-17-28-37(44(42,43)26-10-9-22(32)14-23(26)33)16-24(35-27(39)13-20-4-3-11-34-15-20)29(40)38(28)25(30(36)41)12-19-5-7-21(31)8-6-19/h3-11,14-15,18,24-25,28H,12-13,16-17H2,1-2H3,(H,35,39). The third-order valence-corrected chi connectivity index (χ3v) is 10.5. The first kappa shape index (κ1) is 32.2. The lowest BCUT2D eigenvalue weighted by molar-refractivity contribution is -0.169. The maximum absolute atomic E-state index is 14.3. The van der Waals surface area contributed by atoms with Gasteiger partial charge < -0.3 is 15.1 Å². The number of pyridine rings is 1. The van der Waals surface area contributed by atoms with Crippen LogP contribution in [0.4, 0.5) is 0 Å². The fraction of sp³-hybridized carbons (Fsp3) is 0.333. The van der Waals surface area contributed by atoms with Crippen LogP contribution in [0.3, 0.4) is 0 Å². The molecule has 1 aromatic heterocycles. The van der Waals surface area contributed by atoms with Gasteiger partial charge in [-0.05, 0) is 61.4 Å². The number of aromatic nitrogens is 1. The van der Waals surface area contributed by atoms with Crippen molar-refractivity contribution in [3.05, 3.63) is 93.2 Å². The highest BCUT2D eigenvalue weighted by atomic mass is 35.5. The molecule has 2 fully saturated rings. The average molecular weight is 679 g/mol. The minimum atomic E-state index is -4.37. The molecular weight excluding hydrogens is 649 g/mol. The number of fused-ring (bicyclic) bond motifs is 1. The van der Waals surface area contributed by atoms with Crippen LogP contribution in [0.15, 0.2) is 71.9 Å². The SMILES string of the molecule is CC(C)N1CC2N(C(=O)C(NC(=O)Cc3cccnc3)CN2S(=O)(=O)c2ccc(Cl)cc2Cl)C(Cc2ccc(Cl)cc2)C1=O. The number of amides is 3. The van der Waals surface area contributed by atoms with Crippen LogP contribution in [0.1, 0.15) is 25.0 Å². The van der Waals surface area contributed by atoms with Crippen molar-refractivity contribution in [2.45, 2.75) is 55.9 Å². The van der Waals surface area contributed by atoms with Gasteiger partial charge in [0.2, 0.25) is 27.7 Å². The Balaban J connectivity index is 1.58. The zero-order valence-corrected chi connectivity index (χ0v) is 26.9. The van der Waals surface area contributed by atoms with Crippen LogP contribution in [-0.4, -0.2) is 82.6 Å². The predicted molar refractivity (Wildman–Crippen MR) is 167 cm³/mol.